The number of ether oxygens (including phenoxy) is 1. The van der Waals surface area contributed by atoms with Gasteiger partial charge in [0.05, 0.1) is 5.08 Å². The first kappa shape index (κ1) is 15.8. The Morgan fingerprint density at radius 1 is 1.56 bits per heavy atom. The Labute approximate surface area is 116 Å². The Morgan fingerprint density at radius 3 is 2.78 bits per heavy atom. The Bertz CT molecular complexity index is 356. The van der Waals surface area contributed by atoms with Gasteiger partial charge in [-0.25, -0.2) is 4.79 Å². The Hall–Kier alpha value is -0.290. The molecular weight excluding hydrogens is 268 g/mol. The Balaban J connectivity index is 2.49. The summed E-state index contributed by atoms with van der Waals surface area (Å²) in [6, 6.07) is 0. The highest BCUT2D eigenvalue weighted by Crippen LogP contribution is 2.31. The second-order valence-electron chi connectivity index (χ2n) is 5.50. The number of allylic oxidation sites excluding steroid dienone is 1. The third-order valence-electron chi connectivity index (χ3n) is 2.52. The van der Waals surface area contributed by atoms with Crippen molar-refractivity contribution in [2.24, 2.45) is 5.92 Å². The fourth-order valence-electron chi connectivity index (χ4n) is 1.83. The van der Waals surface area contributed by atoms with Crippen molar-refractivity contribution in [1.82, 2.24) is 0 Å². The van der Waals surface area contributed by atoms with Crippen LogP contribution in [0.3, 0.4) is 0 Å². The van der Waals surface area contributed by atoms with Gasteiger partial charge in [-0.1, -0.05) is 6.08 Å². The van der Waals surface area contributed by atoms with Gasteiger partial charge in [0, 0.05) is 34.3 Å². The van der Waals surface area contributed by atoms with E-state index in [-0.39, 0.29) is 11.9 Å². The predicted octanol–water partition coefficient (Wildman–Crippen LogP) is 2.73. The first-order valence-corrected chi connectivity index (χ1v) is 8.99. The molecule has 18 heavy (non-hydrogen) atoms. The molecule has 104 valence electrons. The smallest absolute Gasteiger partial charge is 0.334 e. The van der Waals surface area contributed by atoms with Crippen molar-refractivity contribution in [3.8, 4) is 0 Å². The zero-order chi connectivity index (χ0) is 13.8. The minimum atomic E-state index is -0.776. The van der Waals surface area contributed by atoms with Crippen molar-refractivity contribution in [2.75, 3.05) is 17.1 Å². The van der Waals surface area contributed by atoms with Crippen LogP contribution in [0.4, 0.5) is 0 Å². The van der Waals surface area contributed by atoms with E-state index in [1.54, 1.807) is 18.0 Å². The van der Waals surface area contributed by atoms with Crippen molar-refractivity contribution in [2.45, 2.75) is 39.2 Å². The third-order valence-corrected chi connectivity index (χ3v) is 5.15. The number of hydrogen-bond donors (Lipinski definition) is 0. The molecule has 0 aromatic heterocycles. The molecule has 0 N–H and O–H groups in total. The molecule has 1 aliphatic rings. The van der Waals surface area contributed by atoms with Gasteiger partial charge in [-0.3, -0.25) is 4.21 Å². The number of hydrogen-bond acceptors (Lipinski definition) is 4. The third kappa shape index (κ3) is 5.57. The summed E-state index contributed by atoms with van der Waals surface area (Å²) in [5.41, 5.74) is 0.364. The van der Waals surface area contributed by atoms with Gasteiger partial charge in [0.25, 0.3) is 0 Å². The summed E-state index contributed by atoms with van der Waals surface area (Å²) in [6.07, 6.45) is 5.63. The monoisotopic (exact) mass is 290 g/mol. The Morgan fingerprint density at radius 2 is 2.22 bits per heavy atom. The summed E-state index contributed by atoms with van der Waals surface area (Å²) in [6.45, 7) is 5.64. The molecule has 0 saturated carbocycles. The van der Waals surface area contributed by atoms with E-state index in [4.69, 9.17) is 4.74 Å². The summed E-state index contributed by atoms with van der Waals surface area (Å²) < 4.78 is 16.4. The van der Waals surface area contributed by atoms with Crippen LogP contribution in [-0.2, 0) is 20.3 Å². The fraction of sp³-hybridized carbons (Fsp3) is 0.769. The minimum Gasteiger partial charge on any atom is -0.457 e. The van der Waals surface area contributed by atoms with Crippen LogP contribution in [0.2, 0.25) is 0 Å². The van der Waals surface area contributed by atoms with Crippen LogP contribution in [0.1, 0.15) is 33.6 Å². The van der Waals surface area contributed by atoms with Gasteiger partial charge < -0.3 is 4.74 Å². The zero-order valence-corrected chi connectivity index (χ0v) is 13.2. The van der Waals surface area contributed by atoms with E-state index in [2.05, 4.69) is 0 Å². The Kier molecular flexibility index (Phi) is 5.92. The maximum Gasteiger partial charge on any atom is 0.334 e. The number of carbonyl (C=O) groups excluding carboxylic acids is 1. The van der Waals surface area contributed by atoms with E-state index in [9.17, 15) is 9.00 Å². The summed E-state index contributed by atoms with van der Waals surface area (Å²) >= 11 is 1.65. The quantitative estimate of drug-likeness (QED) is 0.730. The maximum atomic E-state index is 12.0. The molecule has 1 aliphatic carbocycles. The van der Waals surface area contributed by atoms with Crippen molar-refractivity contribution >= 4 is 28.5 Å². The van der Waals surface area contributed by atoms with Gasteiger partial charge in [-0.2, -0.15) is 0 Å². The lowest BCUT2D eigenvalue weighted by molar-refractivity contribution is -0.150. The highest BCUT2D eigenvalue weighted by molar-refractivity contribution is 8.10. The summed E-state index contributed by atoms with van der Waals surface area (Å²) in [5.74, 6) is 0.918. The molecule has 0 aliphatic heterocycles. The molecule has 0 aromatic carbocycles. The van der Waals surface area contributed by atoms with E-state index in [0.717, 1.165) is 24.2 Å². The van der Waals surface area contributed by atoms with Crippen LogP contribution in [-0.4, -0.2) is 32.9 Å². The molecule has 1 rings (SSSR count). The van der Waals surface area contributed by atoms with Crippen molar-refractivity contribution in [1.29, 1.82) is 0 Å². The lowest BCUT2D eigenvalue weighted by atomic mass is 10.0. The van der Waals surface area contributed by atoms with E-state index in [0.29, 0.717) is 5.08 Å². The van der Waals surface area contributed by atoms with Crippen LogP contribution in [0.25, 0.3) is 0 Å². The zero-order valence-electron chi connectivity index (χ0n) is 11.5. The number of thioether (sulfide) groups is 1. The second-order valence-corrected chi connectivity index (χ2v) is 8.33. The molecule has 0 spiro atoms. The maximum absolute atomic E-state index is 12.0. The van der Waals surface area contributed by atoms with Crippen molar-refractivity contribution in [3.05, 3.63) is 11.6 Å². The molecule has 0 bridgehead atoms. The van der Waals surface area contributed by atoms with E-state index in [1.807, 2.05) is 26.8 Å². The molecule has 0 fully saturated rings. The van der Waals surface area contributed by atoms with Gasteiger partial charge in [-0.05, 0) is 33.6 Å². The molecular formula is C13H22O3S2. The van der Waals surface area contributed by atoms with Gasteiger partial charge in [0.2, 0.25) is 0 Å². The normalized spacial score (nSPS) is 21.6. The van der Waals surface area contributed by atoms with Crippen LogP contribution in [0, 0.1) is 5.92 Å². The molecule has 5 heteroatoms. The average molecular weight is 290 g/mol. The molecule has 0 radical (unpaired) electrons. The molecule has 3 nitrogen and oxygen atoms in total. The van der Waals surface area contributed by atoms with Gasteiger partial charge >= 0.3 is 5.97 Å². The summed E-state index contributed by atoms with van der Waals surface area (Å²) in [4.78, 5) is 12.0. The van der Waals surface area contributed by atoms with Crippen LogP contribution < -0.4 is 0 Å². The topological polar surface area (TPSA) is 43.4 Å². The van der Waals surface area contributed by atoms with Crippen molar-refractivity contribution in [3.63, 3.8) is 0 Å². The molecule has 0 amide bonds. The van der Waals surface area contributed by atoms with E-state index >= 15 is 0 Å². The first-order chi connectivity index (χ1) is 8.29. The molecule has 0 heterocycles. The molecule has 2 unspecified atom stereocenters. The molecule has 2 atom stereocenters. The second kappa shape index (κ2) is 6.75. The first-order valence-electron chi connectivity index (χ1n) is 6.11. The average Bonchev–Trinajstić information content (AvgIpc) is 2.62. The van der Waals surface area contributed by atoms with E-state index in [1.165, 1.54) is 0 Å². The number of carbonyl (C=O) groups is 1. The van der Waals surface area contributed by atoms with Crippen molar-refractivity contribution < 1.29 is 13.7 Å². The molecule has 0 aromatic rings. The lowest BCUT2D eigenvalue weighted by Gasteiger charge is -2.22. The predicted molar refractivity (Wildman–Crippen MR) is 78.0 cm³/mol. The number of esters is 1. The van der Waals surface area contributed by atoms with Gasteiger partial charge in [0.1, 0.15) is 5.60 Å². The van der Waals surface area contributed by atoms with Gasteiger partial charge in [-0.15, -0.1) is 11.8 Å². The van der Waals surface area contributed by atoms with Crippen LogP contribution in [0.15, 0.2) is 11.6 Å². The SMILES string of the molecule is CS(=O)CSCC1CCC=C1C(=O)OC(C)(C)C. The van der Waals surface area contributed by atoms with Crippen LogP contribution >= 0.6 is 11.8 Å². The summed E-state index contributed by atoms with van der Waals surface area (Å²) in [5, 5.41) is 0.637. The fourth-order valence-corrected chi connectivity index (χ4v) is 3.78. The van der Waals surface area contributed by atoms with Gasteiger partial charge in [0.15, 0.2) is 0 Å². The highest BCUT2D eigenvalue weighted by Gasteiger charge is 2.28. The van der Waals surface area contributed by atoms with E-state index < -0.39 is 16.4 Å². The number of rotatable bonds is 5. The molecule has 0 saturated heterocycles. The minimum absolute atomic E-state index is 0.191. The standard InChI is InChI=1S/C13H22O3S2/c1-13(2,3)16-12(14)11-7-5-6-10(11)8-17-9-18(4)15/h7,10H,5-6,8-9H2,1-4H3. The largest absolute Gasteiger partial charge is 0.457 e. The highest BCUT2D eigenvalue weighted by atomic mass is 32.2. The van der Waals surface area contributed by atoms with Crippen LogP contribution in [0.5, 0.6) is 0 Å². The lowest BCUT2D eigenvalue weighted by Crippen LogP contribution is -2.26. The summed E-state index contributed by atoms with van der Waals surface area (Å²) in [7, 11) is -0.776.